The van der Waals surface area contributed by atoms with Crippen LogP contribution in [0, 0.1) is 0 Å². The number of carbonyl (C=O) groups excluding carboxylic acids is 1. The van der Waals surface area contributed by atoms with Crippen molar-refractivity contribution in [3.05, 3.63) is 58.9 Å². The summed E-state index contributed by atoms with van der Waals surface area (Å²) in [5.41, 5.74) is 7.07. The molecule has 2 aliphatic rings. The second-order valence-corrected chi connectivity index (χ2v) is 5.10. The summed E-state index contributed by atoms with van der Waals surface area (Å²) < 4.78 is 0. The third kappa shape index (κ3) is 1.66. The first-order valence-electron chi connectivity index (χ1n) is 6.71. The van der Waals surface area contributed by atoms with E-state index < -0.39 is 0 Å². The lowest BCUT2D eigenvalue weighted by atomic mass is 9.98. The molecule has 0 bridgehead atoms. The first kappa shape index (κ1) is 12.0. The zero-order valence-electron chi connectivity index (χ0n) is 11.2. The molecule has 0 aliphatic carbocycles. The lowest BCUT2D eigenvalue weighted by molar-refractivity contribution is -0.117. The normalized spacial score (nSPS) is 15.4. The van der Waals surface area contributed by atoms with Crippen molar-refractivity contribution in [1.82, 2.24) is 15.6 Å². The van der Waals surface area contributed by atoms with Crippen molar-refractivity contribution in [3.63, 3.8) is 0 Å². The Morgan fingerprint density at radius 3 is 2.90 bits per heavy atom. The number of allylic oxidation sites excluding steroid dienone is 1. The van der Waals surface area contributed by atoms with Crippen molar-refractivity contribution in [1.29, 1.82) is 0 Å². The lowest BCUT2D eigenvalue weighted by Crippen LogP contribution is -2.36. The van der Waals surface area contributed by atoms with Crippen LogP contribution in [0.5, 0.6) is 0 Å². The molecule has 0 saturated carbocycles. The van der Waals surface area contributed by atoms with Crippen molar-refractivity contribution in [2.24, 2.45) is 5.84 Å². The van der Waals surface area contributed by atoms with E-state index in [1.165, 1.54) is 5.56 Å². The minimum Gasteiger partial charge on any atom is -0.296 e. The van der Waals surface area contributed by atoms with Crippen LogP contribution in [0.25, 0.3) is 0 Å². The van der Waals surface area contributed by atoms with E-state index in [-0.39, 0.29) is 5.91 Å². The fourth-order valence-electron chi connectivity index (χ4n) is 3.03. The number of nitrogens with two attached hydrogens (primary N) is 1. The lowest BCUT2D eigenvalue weighted by Gasteiger charge is -2.28. The smallest absolute Gasteiger partial charge is 0.263 e. The number of carbonyl (C=O) groups is 1. The maximum Gasteiger partial charge on any atom is 0.263 e. The molecular weight excluding hydrogens is 266 g/mol. The highest BCUT2D eigenvalue weighted by molar-refractivity contribution is 5.98. The SMILES string of the molecule is NNC(=O)C1=C2Cc3ccccc3N2c2nnccc2C1. The Morgan fingerprint density at radius 2 is 2.05 bits per heavy atom. The van der Waals surface area contributed by atoms with Gasteiger partial charge in [0.1, 0.15) is 0 Å². The Bertz CT molecular complexity index is 783. The van der Waals surface area contributed by atoms with Crippen molar-refractivity contribution in [2.45, 2.75) is 12.8 Å². The van der Waals surface area contributed by atoms with Gasteiger partial charge in [-0.3, -0.25) is 15.1 Å². The van der Waals surface area contributed by atoms with Gasteiger partial charge in [-0.25, -0.2) is 5.84 Å². The molecular formula is C15H13N5O. The molecule has 0 unspecified atom stereocenters. The zero-order chi connectivity index (χ0) is 14.4. The number of anilines is 2. The van der Waals surface area contributed by atoms with Gasteiger partial charge in [0.05, 0.1) is 11.9 Å². The topological polar surface area (TPSA) is 84.1 Å². The van der Waals surface area contributed by atoms with E-state index in [1.807, 2.05) is 29.2 Å². The van der Waals surface area contributed by atoms with E-state index in [0.717, 1.165) is 22.8 Å². The van der Waals surface area contributed by atoms with Crippen LogP contribution in [0.4, 0.5) is 11.5 Å². The third-order valence-corrected chi connectivity index (χ3v) is 3.97. The molecule has 6 nitrogen and oxygen atoms in total. The monoisotopic (exact) mass is 279 g/mol. The fraction of sp³-hybridized carbons (Fsp3) is 0.133. The van der Waals surface area contributed by atoms with Gasteiger partial charge in [0.25, 0.3) is 5.91 Å². The maximum absolute atomic E-state index is 12.1. The molecule has 1 aromatic carbocycles. The third-order valence-electron chi connectivity index (χ3n) is 3.97. The van der Waals surface area contributed by atoms with Crippen LogP contribution >= 0.6 is 0 Å². The highest BCUT2D eigenvalue weighted by Gasteiger charge is 2.35. The first-order chi connectivity index (χ1) is 10.3. The molecule has 104 valence electrons. The summed E-state index contributed by atoms with van der Waals surface area (Å²) in [7, 11) is 0. The number of nitrogens with zero attached hydrogens (tertiary/aromatic N) is 3. The zero-order valence-corrected chi connectivity index (χ0v) is 11.2. The van der Waals surface area contributed by atoms with Gasteiger partial charge in [0.2, 0.25) is 0 Å². The molecule has 3 N–H and O–H groups in total. The summed E-state index contributed by atoms with van der Waals surface area (Å²) in [5, 5.41) is 8.24. The van der Waals surface area contributed by atoms with Crippen molar-refractivity contribution in [3.8, 4) is 0 Å². The summed E-state index contributed by atoms with van der Waals surface area (Å²) >= 11 is 0. The van der Waals surface area contributed by atoms with Crippen LogP contribution in [0.15, 0.2) is 47.8 Å². The van der Waals surface area contributed by atoms with Crippen molar-refractivity contribution < 1.29 is 4.79 Å². The molecule has 1 aromatic heterocycles. The maximum atomic E-state index is 12.1. The fourth-order valence-corrected chi connectivity index (χ4v) is 3.03. The van der Waals surface area contributed by atoms with E-state index in [2.05, 4.69) is 21.7 Å². The van der Waals surface area contributed by atoms with Crippen LogP contribution in [-0.4, -0.2) is 16.1 Å². The highest BCUT2D eigenvalue weighted by atomic mass is 16.2. The Morgan fingerprint density at radius 1 is 1.19 bits per heavy atom. The number of hydrazine groups is 1. The van der Waals surface area contributed by atoms with Crippen LogP contribution in [-0.2, 0) is 17.6 Å². The number of nitrogens with one attached hydrogen (secondary N) is 1. The predicted molar refractivity (Wildman–Crippen MR) is 77.4 cm³/mol. The van der Waals surface area contributed by atoms with Gasteiger partial charge in [-0.1, -0.05) is 18.2 Å². The minimum absolute atomic E-state index is 0.245. The predicted octanol–water partition coefficient (Wildman–Crippen LogP) is 0.971. The largest absolute Gasteiger partial charge is 0.296 e. The van der Waals surface area contributed by atoms with Gasteiger partial charge in [0.15, 0.2) is 5.82 Å². The summed E-state index contributed by atoms with van der Waals surface area (Å²) in [5.74, 6) is 5.88. The number of benzene rings is 1. The van der Waals surface area contributed by atoms with E-state index in [4.69, 9.17) is 5.84 Å². The summed E-state index contributed by atoms with van der Waals surface area (Å²) in [6, 6.07) is 9.97. The molecule has 2 aliphatic heterocycles. The number of aromatic nitrogens is 2. The molecule has 0 fully saturated rings. The van der Waals surface area contributed by atoms with E-state index in [9.17, 15) is 4.79 Å². The van der Waals surface area contributed by atoms with Gasteiger partial charge < -0.3 is 0 Å². The molecule has 4 rings (SSSR count). The van der Waals surface area contributed by atoms with Crippen LogP contribution in [0.3, 0.4) is 0 Å². The average Bonchev–Trinajstić information content (AvgIpc) is 2.93. The molecule has 3 heterocycles. The van der Waals surface area contributed by atoms with Gasteiger partial charge in [-0.2, -0.15) is 5.10 Å². The number of para-hydroxylation sites is 1. The number of rotatable bonds is 1. The summed E-state index contributed by atoms with van der Waals surface area (Å²) in [4.78, 5) is 14.1. The standard InChI is InChI=1S/C15H13N5O/c16-18-15(21)11-7-10-5-6-17-19-14(10)20-12-4-2-1-3-9(12)8-13(11)20/h1-6H,7-8,16H2,(H,18,21). The molecule has 1 amide bonds. The van der Waals surface area contributed by atoms with Gasteiger partial charge in [-0.15, -0.1) is 5.10 Å². The average molecular weight is 279 g/mol. The Balaban J connectivity index is 1.97. The Labute approximate surface area is 121 Å². The molecule has 0 atom stereocenters. The van der Waals surface area contributed by atoms with Gasteiger partial charge in [0, 0.05) is 29.7 Å². The molecule has 0 saturated heterocycles. The van der Waals surface area contributed by atoms with Crippen LogP contribution in [0.2, 0.25) is 0 Å². The molecule has 0 radical (unpaired) electrons. The molecule has 21 heavy (non-hydrogen) atoms. The molecule has 6 heteroatoms. The van der Waals surface area contributed by atoms with Crippen molar-refractivity contribution >= 4 is 17.4 Å². The summed E-state index contributed by atoms with van der Waals surface area (Å²) in [6.07, 6.45) is 2.87. The summed E-state index contributed by atoms with van der Waals surface area (Å²) in [6.45, 7) is 0. The first-order valence-corrected chi connectivity index (χ1v) is 6.71. The second-order valence-electron chi connectivity index (χ2n) is 5.10. The molecule has 0 spiro atoms. The molecule has 2 aromatic rings. The number of hydrogen-bond acceptors (Lipinski definition) is 5. The van der Waals surface area contributed by atoms with Crippen LogP contribution < -0.4 is 16.2 Å². The highest BCUT2D eigenvalue weighted by Crippen LogP contribution is 2.45. The van der Waals surface area contributed by atoms with E-state index in [0.29, 0.717) is 18.4 Å². The quantitative estimate of drug-likeness (QED) is 0.461. The number of amides is 1. The Kier molecular flexibility index (Phi) is 2.52. The minimum atomic E-state index is -0.245. The Hall–Kier alpha value is -2.73. The van der Waals surface area contributed by atoms with E-state index >= 15 is 0 Å². The van der Waals surface area contributed by atoms with Gasteiger partial charge in [-0.05, 0) is 17.7 Å². The van der Waals surface area contributed by atoms with Crippen molar-refractivity contribution in [2.75, 3.05) is 4.90 Å². The number of hydrogen-bond donors (Lipinski definition) is 2. The second kappa shape index (κ2) is 4.39. The van der Waals surface area contributed by atoms with Gasteiger partial charge >= 0.3 is 0 Å². The van der Waals surface area contributed by atoms with E-state index in [1.54, 1.807) is 6.20 Å². The van der Waals surface area contributed by atoms with Crippen LogP contribution in [0.1, 0.15) is 11.1 Å². The number of fused-ring (bicyclic) bond motifs is 5.